The van der Waals surface area contributed by atoms with Crippen LogP contribution in [0.15, 0.2) is 39.9 Å². The minimum atomic E-state index is -6.67. The van der Waals surface area contributed by atoms with Crippen LogP contribution in [0.2, 0.25) is 0 Å². The van der Waals surface area contributed by atoms with Crippen LogP contribution in [0.3, 0.4) is 0 Å². The molecule has 1 N–H and O–H groups in total. The average Bonchev–Trinajstić information content (AvgIpc) is 3.14. The number of hydrogen-bond donors (Lipinski definition) is 1. The highest BCUT2D eigenvalue weighted by Gasteiger charge is 2.76. The van der Waals surface area contributed by atoms with Crippen LogP contribution in [-0.2, 0) is 4.79 Å². The minimum Gasteiger partial charge on any atom is -0.496 e. The van der Waals surface area contributed by atoms with E-state index in [0.717, 1.165) is 17.6 Å². The summed E-state index contributed by atoms with van der Waals surface area (Å²) in [6.07, 6.45) is -6.11. The summed E-state index contributed by atoms with van der Waals surface area (Å²) in [5, 5.41) is 13.7. The van der Waals surface area contributed by atoms with E-state index in [0.29, 0.717) is 6.21 Å². The van der Waals surface area contributed by atoms with Gasteiger partial charge in [-0.1, -0.05) is 0 Å². The number of carbonyl (C=O) groups excluding carboxylic acids is 1. The Labute approximate surface area is 167 Å². The Bertz CT molecular complexity index is 1020. The zero-order chi connectivity index (χ0) is 23.6. The van der Waals surface area contributed by atoms with Gasteiger partial charge in [0.2, 0.25) is 0 Å². The Hall–Kier alpha value is -3.65. The molecule has 1 amide bonds. The maximum Gasteiger partial charge on any atom is 0.460 e. The van der Waals surface area contributed by atoms with Gasteiger partial charge in [0.1, 0.15) is 17.3 Å². The molecule has 0 aliphatic heterocycles. The van der Waals surface area contributed by atoms with Gasteiger partial charge in [0.25, 0.3) is 5.69 Å². The van der Waals surface area contributed by atoms with Crippen molar-refractivity contribution < 1.29 is 49.6 Å². The van der Waals surface area contributed by atoms with Crippen LogP contribution < -0.4 is 10.2 Å². The Balaban J connectivity index is 2.17. The highest BCUT2D eigenvalue weighted by atomic mass is 19.4. The molecule has 15 heteroatoms. The number of nitro groups is 1. The van der Waals surface area contributed by atoms with Gasteiger partial charge in [0.05, 0.1) is 29.9 Å². The molecule has 0 aliphatic rings. The van der Waals surface area contributed by atoms with Crippen LogP contribution in [0.5, 0.6) is 5.75 Å². The van der Waals surface area contributed by atoms with Crippen molar-refractivity contribution in [1.82, 2.24) is 5.43 Å². The fraction of sp³-hybridized carbons (Fsp3) is 0.250. The molecule has 1 heterocycles. The van der Waals surface area contributed by atoms with Gasteiger partial charge < -0.3 is 9.15 Å². The average molecular weight is 457 g/mol. The lowest BCUT2D eigenvalue weighted by Gasteiger charge is -2.26. The van der Waals surface area contributed by atoms with Gasteiger partial charge in [-0.2, -0.15) is 35.8 Å². The molecule has 8 nitrogen and oxygen atoms in total. The Kier molecular flexibility index (Phi) is 6.28. The standard InChI is InChI=1S/C16H10F7N3O5/c1-30-12-6-8(26(28)29)2-4-10(12)11-5-3-9(31-11)7-24-25-13(27)14(17,18)15(19,20)16(21,22)23/h2-7H,1H3,(H,25,27). The molecule has 168 valence electrons. The highest BCUT2D eigenvalue weighted by Crippen LogP contribution is 2.46. The summed E-state index contributed by atoms with van der Waals surface area (Å²) in [6.45, 7) is 0. The fourth-order valence-electron chi connectivity index (χ4n) is 2.11. The van der Waals surface area contributed by atoms with Crippen molar-refractivity contribution in [2.75, 3.05) is 7.11 Å². The number of methoxy groups -OCH3 is 1. The third kappa shape index (κ3) is 4.59. The predicted molar refractivity (Wildman–Crippen MR) is 89.0 cm³/mol. The van der Waals surface area contributed by atoms with Crippen molar-refractivity contribution in [3.8, 4) is 17.1 Å². The number of ether oxygens (including phenoxy) is 1. The molecule has 1 aromatic heterocycles. The fourth-order valence-corrected chi connectivity index (χ4v) is 2.11. The van der Waals surface area contributed by atoms with Crippen molar-refractivity contribution in [3.05, 3.63) is 46.2 Å². The summed E-state index contributed by atoms with van der Waals surface area (Å²) in [5.41, 5.74) is 0.828. The molecule has 0 saturated heterocycles. The molecule has 0 fully saturated rings. The number of benzene rings is 1. The monoisotopic (exact) mass is 457 g/mol. The summed E-state index contributed by atoms with van der Waals surface area (Å²) in [7, 11) is 1.22. The molecule has 0 bridgehead atoms. The van der Waals surface area contributed by atoms with Gasteiger partial charge in [0, 0.05) is 6.07 Å². The normalized spacial score (nSPS) is 12.8. The summed E-state index contributed by atoms with van der Waals surface area (Å²) in [5.74, 6) is -15.9. The maximum atomic E-state index is 13.2. The van der Waals surface area contributed by atoms with E-state index in [4.69, 9.17) is 9.15 Å². The number of nitro benzene ring substituents is 1. The number of furan rings is 1. The molecule has 0 radical (unpaired) electrons. The first kappa shape index (κ1) is 23.6. The molecule has 0 saturated carbocycles. The molecule has 2 aromatic rings. The zero-order valence-corrected chi connectivity index (χ0v) is 15.0. The number of halogens is 7. The van der Waals surface area contributed by atoms with Gasteiger partial charge in [0.15, 0.2) is 0 Å². The smallest absolute Gasteiger partial charge is 0.460 e. The zero-order valence-electron chi connectivity index (χ0n) is 15.0. The van der Waals surface area contributed by atoms with E-state index in [2.05, 4.69) is 5.10 Å². The van der Waals surface area contributed by atoms with Crippen LogP contribution in [0.25, 0.3) is 11.3 Å². The van der Waals surface area contributed by atoms with E-state index in [1.807, 2.05) is 0 Å². The summed E-state index contributed by atoms with van der Waals surface area (Å²) in [6, 6.07) is 5.97. The third-order valence-corrected chi connectivity index (χ3v) is 3.68. The number of rotatable bonds is 7. The van der Waals surface area contributed by atoms with E-state index >= 15 is 0 Å². The minimum absolute atomic E-state index is 0.0364. The molecule has 0 aliphatic carbocycles. The van der Waals surface area contributed by atoms with Gasteiger partial charge in [-0.15, -0.1) is 0 Å². The summed E-state index contributed by atoms with van der Waals surface area (Å²) >= 11 is 0. The van der Waals surface area contributed by atoms with Gasteiger partial charge in [-0.25, -0.2) is 5.43 Å². The number of alkyl halides is 7. The SMILES string of the molecule is COc1cc([N+](=O)[O-])ccc1-c1ccc(C=NNC(=O)C(F)(F)C(F)(F)C(F)(F)F)o1. The molecule has 0 unspecified atom stereocenters. The van der Waals surface area contributed by atoms with Gasteiger partial charge in [-0.05, 0) is 18.2 Å². The number of nitrogens with one attached hydrogen (secondary N) is 1. The number of hydrogen-bond acceptors (Lipinski definition) is 6. The first-order valence-electron chi connectivity index (χ1n) is 7.81. The number of amides is 1. The highest BCUT2D eigenvalue weighted by molar-refractivity contribution is 5.86. The molecule has 31 heavy (non-hydrogen) atoms. The first-order chi connectivity index (χ1) is 14.2. The second-order valence-corrected chi connectivity index (χ2v) is 5.69. The second-order valence-electron chi connectivity index (χ2n) is 5.69. The quantitative estimate of drug-likeness (QED) is 0.291. The Morgan fingerprint density at radius 2 is 1.81 bits per heavy atom. The Morgan fingerprint density at radius 3 is 2.35 bits per heavy atom. The lowest BCUT2D eigenvalue weighted by atomic mass is 10.1. The maximum absolute atomic E-state index is 13.2. The van der Waals surface area contributed by atoms with Crippen molar-refractivity contribution in [1.29, 1.82) is 0 Å². The molecule has 0 spiro atoms. The van der Waals surface area contributed by atoms with Crippen molar-refractivity contribution in [2.24, 2.45) is 5.10 Å². The number of nitrogens with zero attached hydrogens (tertiary/aromatic N) is 2. The number of carbonyl (C=O) groups is 1. The van der Waals surface area contributed by atoms with E-state index in [1.54, 1.807) is 0 Å². The lowest BCUT2D eigenvalue weighted by molar-refractivity contribution is -0.384. The number of hydrazone groups is 1. The van der Waals surface area contributed by atoms with Crippen LogP contribution in [0.1, 0.15) is 5.76 Å². The van der Waals surface area contributed by atoms with Crippen LogP contribution in [0.4, 0.5) is 36.4 Å². The van der Waals surface area contributed by atoms with Crippen molar-refractivity contribution in [2.45, 2.75) is 18.0 Å². The molecular formula is C16H10F7N3O5. The predicted octanol–water partition coefficient (Wildman–Crippen LogP) is 4.15. The van der Waals surface area contributed by atoms with E-state index < -0.39 is 28.9 Å². The largest absolute Gasteiger partial charge is 0.496 e. The molecule has 0 atom stereocenters. The molecular weight excluding hydrogens is 447 g/mol. The summed E-state index contributed by atoms with van der Waals surface area (Å²) in [4.78, 5) is 21.2. The summed E-state index contributed by atoms with van der Waals surface area (Å²) < 4.78 is 98.4. The first-order valence-corrected chi connectivity index (χ1v) is 7.81. The van der Waals surface area contributed by atoms with E-state index in [9.17, 15) is 45.6 Å². The van der Waals surface area contributed by atoms with E-state index in [1.165, 1.54) is 25.3 Å². The van der Waals surface area contributed by atoms with Gasteiger partial charge in [-0.3, -0.25) is 14.9 Å². The van der Waals surface area contributed by atoms with Crippen LogP contribution >= 0.6 is 0 Å². The van der Waals surface area contributed by atoms with E-state index in [-0.39, 0.29) is 28.5 Å². The van der Waals surface area contributed by atoms with Crippen LogP contribution in [0, 0.1) is 10.1 Å². The Morgan fingerprint density at radius 1 is 1.16 bits per heavy atom. The molecule has 1 aromatic carbocycles. The number of non-ortho nitro benzene ring substituents is 1. The third-order valence-electron chi connectivity index (χ3n) is 3.68. The van der Waals surface area contributed by atoms with Crippen molar-refractivity contribution in [3.63, 3.8) is 0 Å². The lowest BCUT2D eigenvalue weighted by Crippen LogP contribution is -2.58. The van der Waals surface area contributed by atoms with Gasteiger partial charge >= 0.3 is 23.9 Å². The topological polar surface area (TPSA) is 107 Å². The van der Waals surface area contributed by atoms with Crippen LogP contribution in [-0.4, -0.2) is 42.2 Å². The molecule has 2 rings (SSSR count). The van der Waals surface area contributed by atoms with Crippen molar-refractivity contribution >= 4 is 17.8 Å². The second kappa shape index (κ2) is 8.23.